The van der Waals surface area contributed by atoms with Crippen LogP contribution in [0.15, 0.2) is 54.6 Å². The summed E-state index contributed by atoms with van der Waals surface area (Å²) in [6.45, 7) is 3.55. The standard InChI is InChI=1S/C29H35N5O2/c1-21-13-15-22(16-14-21)28(35)34(24-11-7-4-8-12-24)20-26-25-19-33(18-17-27(25)32(2)31-26)29(36)30-23-9-5-3-6-10-23/h4,7-8,11-16,23H,3,5-6,9-10,17-20H2,1-2H3,(H,30,36). The maximum absolute atomic E-state index is 13.6. The van der Waals surface area contributed by atoms with Gasteiger partial charge in [-0.15, -0.1) is 0 Å². The van der Waals surface area contributed by atoms with Crippen LogP contribution in [0.2, 0.25) is 0 Å². The highest BCUT2D eigenvalue weighted by molar-refractivity contribution is 6.06. The highest BCUT2D eigenvalue weighted by atomic mass is 16.2. The highest BCUT2D eigenvalue weighted by Crippen LogP contribution is 2.27. The van der Waals surface area contributed by atoms with Gasteiger partial charge in [0.05, 0.1) is 18.8 Å². The summed E-state index contributed by atoms with van der Waals surface area (Å²) in [7, 11) is 1.95. The second kappa shape index (κ2) is 10.6. The van der Waals surface area contributed by atoms with Crippen LogP contribution in [0.1, 0.15) is 65.0 Å². The Morgan fingerprint density at radius 1 is 1.03 bits per heavy atom. The third kappa shape index (κ3) is 5.15. The van der Waals surface area contributed by atoms with E-state index in [4.69, 9.17) is 5.10 Å². The van der Waals surface area contributed by atoms with Crippen LogP contribution in [0.25, 0.3) is 0 Å². The normalized spacial score (nSPS) is 15.9. The van der Waals surface area contributed by atoms with Gasteiger partial charge in [-0.2, -0.15) is 5.10 Å². The number of hydrogen-bond donors (Lipinski definition) is 1. The molecule has 1 saturated carbocycles. The van der Waals surface area contributed by atoms with Crippen molar-refractivity contribution in [1.29, 1.82) is 0 Å². The summed E-state index contributed by atoms with van der Waals surface area (Å²) < 4.78 is 1.92. The topological polar surface area (TPSA) is 70.5 Å². The molecule has 1 aliphatic heterocycles. The largest absolute Gasteiger partial charge is 0.335 e. The highest BCUT2D eigenvalue weighted by Gasteiger charge is 2.30. The second-order valence-corrected chi connectivity index (χ2v) is 10.0. The Morgan fingerprint density at radius 3 is 2.47 bits per heavy atom. The van der Waals surface area contributed by atoms with Gasteiger partial charge in [0.1, 0.15) is 0 Å². The van der Waals surface area contributed by atoms with E-state index < -0.39 is 0 Å². The molecule has 1 aliphatic carbocycles. The number of carbonyl (C=O) groups excluding carboxylic acids is 2. The number of anilines is 1. The van der Waals surface area contributed by atoms with E-state index in [0.29, 0.717) is 25.2 Å². The van der Waals surface area contributed by atoms with Crippen molar-refractivity contribution in [3.63, 3.8) is 0 Å². The van der Waals surface area contributed by atoms with Crippen LogP contribution >= 0.6 is 0 Å². The molecule has 0 atom stereocenters. The molecule has 3 aromatic rings. The quantitative estimate of drug-likeness (QED) is 0.554. The van der Waals surface area contributed by atoms with Crippen molar-refractivity contribution in [1.82, 2.24) is 20.0 Å². The summed E-state index contributed by atoms with van der Waals surface area (Å²) >= 11 is 0. The fraction of sp³-hybridized carbons (Fsp3) is 0.414. The maximum atomic E-state index is 13.6. The first-order valence-corrected chi connectivity index (χ1v) is 13.0. The average Bonchev–Trinajstić information content (AvgIpc) is 3.22. The lowest BCUT2D eigenvalue weighted by Gasteiger charge is -2.31. The first kappa shape index (κ1) is 24.1. The molecule has 7 nitrogen and oxygen atoms in total. The summed E-state index contributed by atoms with van der Waals surface area (Å²) in [5, 5.41) is 8.07. The first-order chi connectivity index (χ1) is 17.5. The monoisotopic (exact) mass is 485 g/mol. The molecule has 0 radical (unpaired) electrons. The average molecular weight is 486 g/mol. The van der Waals surface area contributed by atoms with Gasteiger partial charge in [0.2, 0.25) is 0 Å². The molecular formula is C29H35N5O2. The number of urea groups is 1. The Kier molecular flexibility index (Phi) is 7.07. The molecule has 0 saturated heterocycles. The van der Waals surface area contributed by atoms with Crippen LogP contribution in [-0.4, -0.2) is 39.2 Å². The molecule has 7 heteroatoms. The SMILES string of the molecule is Cc1ccc(C(=O)N(Cc2nn(C)c3c2CN(C(=O)NC2CCCCC2)CC3)c2ccccc2)cc1. The predicted octanol–water partition coefficient (Wildman–Crippen LogP) is 4.98. The van der Waals surface area contributed by atoms with E-state index in [1.165, 1.54) is 19.3 Å². The van der Waals surface area contributed by atoms with Crippen molar-refractivity contribution < 1.29 is 9.59 Å². The van der Waals surface area contributed by atoms with Crippen LogP contribution in [0.3, 0.4) is 0 Å². The molecule has 5 rings (SSSR count). The first-order valence-electron chi connectivity index (χ1n) is 13.0. The number of para-hydroxylation sites is 1. The number of benzene rings is 2. The number of rotatable bonds is 5. The van der Waals surface area contributed by atoms with Crippen molar-refractivity contribution in [2.45, 2.75) is 64.6 Å². The van der Waals surface area contributed by atoms with Gasteiger partial charge in [-0.05, 0) is 44.0 Å². The summed E-state index contributed by atoms with van der Waals surface area (Å²) in [6.07, 6.45) is 6.52. The number of aryl methyl sites for hydroxylation is 2. The third-order valence-electron chi connectivity index (χ3n) is 7.46. The van der Waals surface area contributed by atoms with E-state index in [-0.39, 0.29) is 18.0 Å². The van der Waals surface area contributed by atoms with Gasteiger partial charge in [0.15, 0.2) is 0 Å². The van der Waals surface area contributed by atoms with Gasteiger partial charge < -0.3 is 15.1 Å². The van der Waals surface area contributed by atoms with Crippen LogP contribution in [0.4, 0.5) is 10.5 Å². The molecule has 1 aromatic heterocycles. The number of hydrogen-bond acceptors (Lipinski definition) is 3. The molecular weight excluding hydrogens is 450 g/mol. The number of nitrogens with zero attached hydrogens (tertiary/aromatic N) is 4. The fourth-order valence-electron chi connectivity index (χ4n) is 5.37. The third-order valence-corrected chi connectivity index (χ3v) is 7.46. The summed E-state index contributed by atoms with van der Waals surface area (Å²) in [5.74, 6) is -0.0664. The molecule has 36 heavy (non-hydrogen) atoms. The van der Waals surface area contributed by atoms with Gasteiger partial charge in [-0.25, -0.2) is 4.79 Å². The van der Waals surface area contributed by atoms with E-state index in [2.05, 4.69) is 5.32 Å². The smallest absolute Gasteiger partial charge is 0.317 e. The molecule has 2 aromatic carbocycles. The lowest BCUT2D eigenvalue weighted by Crippen LogP contribution is -2.47. The number of amides is 3. The van der Waals surface area contributed by atoms with Crippen molar-refractivity contribution in [3.05, 3.63) is 82.7 Å². The minimum absolute atomic E-state index is 0.0120. The van der Waals surface area contributed by atoms with Crippen LogP contribution in [0.5, 0.6) is 0 Å². The van der Waals surface area contributed by atoms with Gasteiger partial charge >= 0.3 is 6.03 Å². The summed E-state index contributed by atoms with van der Waals surface area (Å²) in [5.41, 5.74) is 5.62. The Hall–Kier alpha value is -3.61. The Balaban J connectivity index is 1.39. The molecule has 0 bridgehead atoms. The van der Waals surface area contributed by atoms with Gasteiger partial charge in [-0.3, -0.25) is 9.48 Å². The van der Waals surface area contributed by atoms with Gasteiger partial charge in [0.25, 0.3) is 5.91 Å². The number of fused-ring (bicyclic) bond motifs is 1. The van der Waals surface area contributed by atoms with Crippen molar-refractivity contribution in [2.75, 3.05) is 11.4 Å². The van der Waals surface area contributed by atoms with Gasteiger partial charge in [0, 0.05) is 48.6 Å². The van der Waals surface area contributed by atoms with Crippen molar-refractivity contribution >= 4 is 17.6 Å². The molecule has 1 fully saturated rings. The molecule has 2 aliphatic rings. The van der Waals surface area contributed by atoms with Crippen molar-refractivity contribution in [3.8, 4) is 0 Å². The zero-order valence-corrected chi connectivity index (χ0v) is 21.2. The number of carbonyl (C=O) groups is 2. The minimum Gasteiger partial charge on any atom is -0.335 e. The van der Waals surface area contributed by atoms with Crippen molar-refractivity contribution in [2.24, 2.45) is 7.05 Å². The molecule has 2 heterocycles. The lowest BCUT2D eigenvalue weighted by molar-refractivity contribution is 0.0984. The van der Waals surface area contributed by atoms with E-state index in [9.17, 15) is 9.59 Å². The molecule has 1 N–H and O–H groups in total. The van der Waals surface area contributed by atoms with E-state index in [1.807, 2.05) is 78.2 Å². The summed E-state index contributed by atoms with van der Waals surface area (Å²) in [4.78, 5) is 30.4. The molecule has 188 valence electrons. The van der Waals surface area contributed by atoms with E-state index in [1.54, 1.807) is 4.90 Å². The zero-order chi connectivity index (χ0) is 25.1. The molecule has 0 unspecified atom stereocenters. The lowest BCUT2D eigenvalue weighted by atomic mass is 9.95. The Labute approximate surface area is 213 Å². The van der Waals surface area contributed by atoms with Gasteiger partial charge in [-0.1, -0.05) is 55.2 Å². The predicted molar refractivity (Wildman–Crippen MR) is 141 cm³/mol. The van der Waals surface area contributed by atoms with E-state index in [0.717, 1.165) is 47.5 Å². The Bertz CT molecular complexity index is 1210. The fourth-order valence-corrected chi connectivity index (χ4v) is 5.37. The number of nitrogens with one attached hydrogen (secondary N) is 1. The maximum Gasteiger partial charge on any atom is 0.317 e. The molecule has 0 spiro atoms. The van der Waals surface area contributed by atoms with Crippen LogP contribution in [0, 0.1) is 6.92 Å². The van der Waals surface area contributed by atoms with Crippen LogP contribution in [-0.2, 0) is 26.6 Å². The summed E-state index contributed by atoms with van der Waals surface area (Å²) in [6, 6.07) is 17.7. The minimum atomic E-state index is -0.0664. The second-order valence-electron chi connectivity index (χ2n) is 10.0. The van der Waals surface area contributed by atoms with Crippen LogP contribution < -0.4 is 10.2 Å². The number of aromatic nitrogens is 2. The van der Waals surface area contributed by atoms with E-state index >= 15 is 0 Å². The molecule has 3 amide bonds. The Morgan fingerprint density at radius 2 is 1.75 bits per heavy atom. The zero-order valence-electron chi connectivity index (χ0n) is 21.2.